The lowest BCUT2D eigenvalue weighted by atomic mass is 10.2. The Morgan fingerprint density at radius 1 is 1.26 bits per heavy atom. The minimum Gasteiger partial charge on any atom is -0.378 e. The molecular formula is C16H24N2O4S. The highest BCUT2D eigenvalue weighted by Gasteiger charge is 2.31. The van der Waals surface area contributed by atoms with Crippen LogP contribution < -0.4 is 0 Å². The van der Waals surface area contributed by atoms with Crippen molar-refractivity contribution in [1.82, 2.24) is 9.21 Å². The monoisotopic (exact) mass is 340 g/mol. The Morgan fingerprint density at radius 3 is 2.39 bits per heavy atom. The average Bonchev–Trinajstić information content (AvgIpc) is 2.56. The zero-order chi connectivity index (χ0) is 17.0. The number of hydrogen-bond acceptors (Lipinski definition) is 4. The summed E-state index contributed by atoms with van der Waals surface area (Å²) in [4.78, 5) is 14.2. The van der Waals surface area contributed by atoms with Crippen molar-refractivity contribution in [3.05, 3.63) is 29.8 Å². The van der Waals surface area contributed by atoms with Crippen molar-refractivity contribution in [3.63, 3.8) is 0 Å². The first-order chi connectivity index (χ1) is 10.9. The number of sulfonamides is 1. The quantitative estimate of drug-likeness (QED) is 0.816. The van der Waals surface area contributed by atoms with Crippen LogP contribution in [0.3, 0.4) is 0 Å². The average molecular weight is 340 g/mol. The third-order valence-electron chi connectivity index (χ3n) is 4.07. The lowest BCUT2D eigenvalue weighted by Gasteiger charge is -2.32. The van der Waals surface area contributed by atoms with Crippen LogP contribution >= 0.6 is 0 Å². The molecule has 1 heterocycles. The van der Waals surface area contributed by atoms with Crippen LogP contribution in [0.4, 0.5) is 0 Å². The number of morpholine rings is 1. The number of ether oxygens (including phenoxy) is 1. The number of amides is 1. The number of hydrogen-bond donors (Lipinski definition) is 0. The van der Waals surface area contributed by atoms with Crippen LogP contribution in [0.2, 0.25) is 0 Å². The second-order valence-electron chi connectivity index (χ2n) is 5.54. The third kappa shape index (κ3) is 3.73. The van der Waals surface area contributed by atoms with E-state index in [1.54, 1.807) is 17.0 Å². The largest absolute Gasteiger partial charge is 0.378 e. The van der Waals surface area contributed by atoms with Gasteiger partial charge in [-0.1, -0.05) is 0 Å². The Bertz CT molecular complexity index is 639. The van der Waals surface area contributed by atoms with Gasteiger partial charge in [0.05, 0.1) is 18.1 Å². The fourth-order valence-corrected chi connectivity index (χ4v) is 4.27. The van der Waals surface area contributed by atoms with E-state index in [-0.39, 0.29) is 16.8 Å². The first-order valence-corrected chi connectivity index (χ1v) is 9.34. The van der Waals surface area contributed by atoms with Crippen molar-refractivity contribution in [2.45, 2.75) is 31.7 Å². The van der Waals surface area contributed by atoms with E-state index in [1.807, 2.05) is 20.8 Å². The van der Waals surface area contributed by atoms with E-state index < -0.39 is 10.0 Å². The zero-order valence-electron chi connectivity index (χ0n) is 13.9. The number of nitrogens with zero attached hydrogens (tertiary/aromatic N) is 2. The van der Waals surface area contributed by atoms with Crippen molar-refractivity contribution in [2.24, 2.45) is 0 Å². The molecule has 1 aromatic carbocycles. The molecule has 1 aliphatic rings. The van der Waals surface area contributed by atoms with Crippen molar-refractivity contribution in [3.8, 4) is 0 Å². The highest BCUT2D eigenvalue weighted by Crippen LogP contribution is 2.21. The SMILES string of the molecule is CCN(CC)C(=O)c1ccc(S(=O)(=O)N2CCOCC2C)cc1. The number of carbonyl (C=O) groups excluding carboxylic acids is 1. The fraction of sp³-hybridized carbons (Fsp3) is 0.562. The van der Waals surface area contributed by atoms with E-state index in [1.165, 1.54) is 16.4 Å². The van der Waals surface area contributed by atoms with Crippen LogP contribution in [0.15, 0.2) is 29.2 Å². The Morgan fingerprint density at radius 2 is 1.87 bits per heavy atom. The molecule has 0 bridgehead atoms. The van der Waals surface area contributed by atoms with Gasteiger partial charge in [-0.05, 0) is 45.0 Å². The first kappa shape index (κ1) is 17.9. The van der Waals surface area contributed by atoms with E-state index in [2.05, 4.69) is 0 Å². The van der Waals surface area contributed by atoms with Gasteiger partial charge in [-0.2, -0.15) is 4.31 Å². The maximum absolute atomic E-state index is 12.7. The highest BCUT2D eigenvalue weighted by molar-refractivity contribution is 7.89. The van der Waals surface area contributed by atoms with Crippen LogP contribution in [0.25, 0.3) is 0 Å². The fourth-order valence-electron chi connectivity index (χ4n) is 2.67. The first-order valence-electron chi connectivity index (χ1n) is 7.90. The molecule has 1 fully saturated rings. The van der Waals surface area contributed by atoms with Gasteiger partial charge < -0.3 is 9.64 Å². The molecular weight excluding hydrogens is 316 g/mol. The minimum absolute atomic E-state index is 0.0845. The molecule has 23 heavy (non-hydrogen) atoms. The highest BCUT2D eigenvalue weighted by atomic mass is 32.2. The Balaban J connectivity index is 2.23. The molecule has 1 unspecified atom stereocenters. The molecule has 0 radical (unpaired) electrons. The number of carbonyl (C=O) groups is 1. The lowest BCUT2D eigenvalue weighted by molar-refractivity contribution is 0.0393. The zero-order valence-corrected chi connectivity index (χ0v) is 14.7. The molecule has 0 N–H and O–H groups in total. The molecule has 6 nitrogen and oxygen atoms in total. The summed E-state index contributed by atoms with van der Waals surface area (Å²) in [5.41, 5.74) is 0.502. The summed E-state index contributed by atoms with van der Waals surface area (Å²) in [7, 11) is -3.56. The van der Waals surface area contributed by atoms with E-state index in [9.17, 15) is 13.2 Å². The smallest absolute Gasteiger partial charge is 0.253 e. The van der Waals surface area contributed by atoms with Crippen molar-refractivity contribution in [2.75, 3.05) is 32.8 Å². The minimum atomic E-state index is -3.56. The molecule has 0 saturated carbocycles. The van der Waals surface area contributed by atoms with Gasteiger partial charge in [0.1, 0.15) is 0 Å². The molecule has 0 aromatic heterocycles. The van der Waals surface area contributed by atoms with Gasteiger partial charge in [0.2, 0.25) is 10.0 Å². The molecule has 1 aliphatic heterocycles. The van der Waals surface area contributed by atoms with Gasteiger partial charge in [0, 0.05) is 31.2 Å². The Hall–Kier alpha value is -1.44. The molecule has 1 amide bonds. The van der Waals surface area contributed by atoms with Crippen molar-refractivity contribution < 1.29 is 17.9 Å². The van der Waals surface area contributed by atoms with E-state index >= 15 is 0 Å². The second-order valence-corrected chi connectivity index (χ2v) is 7.43. The van der Waals surface area contributed by atoms with E-state index in [0.717, 1.165) is 0 Å². The maximum Gasteiger partial charge on any atom is 0.253 e. The molecule has 2 rings (SSSR count). The summed E-state index contributed by atoms with van der Waals surface area (Å²) in [6.45, 7) is 8.07. The van der Waals surface area contributed by atoms with Gasteiger partial charge in [-0.25, -0.2) is 8.42 Å². The van der Waals surface area contributed by atoms with Crippen LogP contribution in [0.1, 0.15) is 31.1 Å². The molecule has 1 atom stereocenters. The van der Waals surface area contributed by atoms with Gasteiger partial charge >= 0.3 is 0 Å². The second kappa shape index (κ2) is 7.42. The molecule has 128 valence electrons. The molecule has 0 aliphatic carbocycles. The topological polar surface area (TPSA) is 66.9 Å². The van der Waals surface area contributed by atoms with Crippen LogP contribution in [-0.2, 0) is 14.8 Å². The Kier molecular flexibility index (Phi) is 5.78. The summed E-state index contributed by atoms with van der Waals surface area (Å²) in [6.07, 6.45) is 0. The predicted octanol–water partition coefficient (Wildman–Crippen LogP) is 1.58. The predicted molar refractivity (Wildman–Crippen MR) is 87.9 cm³/mol. The Labute approximate surface area is 138 Å². The number of benzene rings is 1. The summed E-state index contributed by atoms with van der Waals surface area (Å²) in [5.74, 6) is -0.0845. The molecule has 1 saturated heterocycles. The molecule has 7 heteroatoms. The lowest BCUT2D eigenvalue weighted by Crippen LogP contribution is -2.46. The summed E-state index contributed by atoms with van der Waals surface area (Å²) in [6, 6.07) is 5.99. The van der Waals surface area contributed by atoms with Crippen LogP contribution in [0, 0.1) is 0 Å². The van der Waals surface area contributed by atoms with Crippen LogP contribution in [0.5, 0.6) is 0 Å². The molecule has 0 spiro atoms. The van der Waals surface area contributed by atoms with Crippen molar-refractivity contribution in [1.29, 1.82) is 0 Å². The van der Waals surface area contributed by atoms with Gasteiger partial charge in [0.15, 0.2) is 0 Å². The summed E-state index contributed by atoms with van der Waals surface area (Å²) in [5, 5.41) is 0. The standard InChI is InChI=1S/C16H24N2O4S/c1-4-17(5-2)16(19)14-6-8-15(9-7-14)23(20,21)18-10-11-22-12-13(18)3/h6-9,13H,4-5,10-12H2,1-3H3. The normalized spacial score (nSPS) is 19.5. The van der Waals surface area contributed by atoms with Gasteiger partial charge in [-0.15, -0.1) is 0 Å². The van der Waals surface area contributed by atoms with Gasteiger partial charge in [0.25, 0.3) is 5.91 Å². The summed E-state index contributed by atoms with van der Waals surface area (Å²) < 4.78 is 32.1. The summed E-state index contributed by atoms with van der Waals surface area (Å²) >= 11 is 0. The number of rotatable bonds is 5. The van der Waals surface area contributed by atoms with E-state index in [0.29, 0.717) is 38.4 Å². The van der Waals surface area contributed by atoms with E-state index in [4.69, 9.17) is 4.74 Å². The van der Waals surface area contributed by atoms with Crippen LogP contribution in [-0.4, -0.2) is 62.4 Å². The molecule has 1 aromatic rings. The maximum atomic E-state index is 12.7. The third-order valence-corrected chi connectivity index (χ3v) is 6.09. The van der Waals surface area contributed by atoms with Crippen molar-refractivity contribution >= 4 is 15.9 Å². The van der Waals surface area contributed by atoms with Gasteiger partial charge in [-0.3, -0.25) is 4.79 Å².